The number of benzene rings is 8. The minimum absolute atomic E-state index is 0.131. The molecule has 0 unspecified atom stereocenters. The quantitative estimate of drug-likeness (QED) is 0.106. The lowest BCUT2D eigenvalue weighted by molar-refractivity contribution is -0.362. The molecular formula is C71H54BF2N5O2. The van der Waals surface area contributed by atoms with Gasteiger partial charge in [-0.05, 0) is 213 Å². The van der Waals surface area contributed by atoms with Crippen LogP contribution in [0.25, 0.3) is 28.0 Å². The van der Waals surface area contributed by atoms with Gasteiger partial charge in [0.25, 0.3) is 0 Å². The number of ether oxygens (including phenoxy) is 2. The van der Waals surface area contributed by atoms with E-state index in [1.807, 2.05) is 84.9 Å². The van der Waals surface area contributed by atoms with Crippen LogP contribution in [0.5, 0.6) is 11.5 Å². The van der Waals surface area contributed by atoms with E-state index in [-0.39, 0.29) is 33.9 Å². The molecule has 11 rings (SSSR count). The fraction of sp³-hybridized carbons (Fsp3) is 0.113. The first kappa shape index (κ1) is 52.7. The van der Waals surface area contributed by atoms with Crippen molar-refractivity contribution >= 4 is 35.3 Å². The number of methoxy groups -OCH3 is 2. The number of allylic oxidation sites excluding steroid dienone is 2. The van der Waals surface area contributed by atoms with Gasteiger partial charge in [-0.1, -0.05) is 84.3 Å². The number of nitrogens with zero attached hydrogens (tertiary/aromatic N) is 5. The Bertz CT molecular complexity index is 4240. The van der Waals surface area contributed by atoms with E-state index in [4.69, 9.17) is 9.47 Å². The molecule has 2 aliphatic heterocycles. The highest BCUT2D eigenvalue weighted by atomic mass is 19.2. The summed E-state index contributed by atoms with van der Waals surface area (Å²) in [6, 6.07) is 62.6. The van der Waals surface area contributed by atoms with Crippen molar-refractivity contribution in [3.05, 3.63) is 271 Å². The zero-order valence-corrected chi connectivity index (χ0v) is 46.2. The molecule has 10 heteroatoms. The number of hydrogen-bond donors (Lipinski definition) is 0. The van der Waals surface area contributed by atoms with Gasteiger partial charge in [0.2, 0.25) is 0 Å². The highest BCUT2D eigenvalue weighted by molar-refractivity contribution is 6.59. The summed E-state index contributed by atoms with van der Waals surface area (Å²) in [6.45, 7) is 7.45. The topological polar surface area (TPSA) is 77.2 Å². The molecule has 0 radical (unpaired) electrons. The van der Waals surface area contributed by atoms with Gasteiger partial charge in [-0.25, -0.2) is 0 Å². The fourth-order valence-electron chi connectivity index (χ4n) is 11.6. The minimum Gasteiger partial charge on any atom is -0.497 e. The number of hydrogen-bond acceptors (Lipinski definition) is 5. The molecule has 81 heavy (non-hydrogen) atoms. The molecule has 0 fully saturated rings. The van der Waals surface area contributed by atoms with Crippen molar-refractivity contribution in [2.75, 3.05) is 19.1 Å². The fourth-order valence-corrected chi connectivity index (χ4v) is 11.6. The zero-order valence-electron chi connectivity index (χ0n) is 46.2. The number of nitriles is 2. The zero-order chi connectivity index (χ0) is 56.7. The second-order valence-corrected chi connectivity index (χ2v) is 20.4. The number of rotatable bonds is 9. The summed E-state index contributed by atoms with van der Waals surface area (Å²) in [5.41, 5.74) is 17.5. The molecule has 3 heterocycles. The van der Waals surface area contributed by atoms with E-state index < -0.39 is 6.97 Å². The summed E-state index contributed by atoms with van der Waals surface area (Å²) < 4.78 is 48.8. The molecule has 0 atom stereocenters. The van der Waals surface area contributed by atoms with E-state index >= 15 is 8.63 Å². The molecule has 8 aromatic carbocycles. The summed E-state index contributed by atoms with van der Waals surface area (Å²) in [5.74, 6) is 14.9. The Kier molecular flexibility index (Phi) is 13.9. The highest BCUT2D eigenvalue weighted by Gasteiger charge is 2.58. The molecule has 0 saturated heterocycles. The Morgan fingerprint density at radius 2 is 0.926 bits per heavy atom. The molecule has 392 valence electrons. The second-order valence-electron chi connectivity index (χ2n) is 20.4. The molecule has 0 aliphatic carbocycles. The van der Waals surface area contributed by atoms with Crippen molar-refractivity contribution in [1.82, 2.24) is 4.48 Å². The molecule has 1 aromatic heterocycles. The second kappa shape index (κ2) is 21.4. The molecule has 2 aliphatic rings. The summed E-state index contributed by atoms with van der Waals surface area (Å²) in [7, 11) is 3.35. The molecule has 0 N–H and O–H groups in total. The Morgan fingerprint density at radius 1 is 0.481 bits per heavy atom. The largest absolute Gasteiger partial charge is 0.738 e. The Morgan fingerprint density at radius 3 is 1.38 bits per heavy atom. The molecule has 0 spiro atoms. The van der Waals surface area contributed by atoms with Crippen LogP contribution < -0.4 is 14.4 Å². The lowest BCUT2D eigenvalue weighted by atomic mass is 9.83. The van der Waals surface area contributed by atoms with Crippen molar-refractivity contribution in [2.24, 2.45) is 0 Å². The van der Waals surface area contributed by atoms with Gasteiger partial charge in [0.15, 0.2) is 11.4 Å². The van der Waals surface area contributed by atoms with E-state index in [1.165, 1.54) is 11.1 Å². The van der Waals surface area contributed by atoms with Crippen molar-refractivity contribution in [3.63, 3.8) is 0 Å². The average molecular weight is 1060 g/mol. The molecule has 7 nitrogen and oxygen atoms in total. The van der Waals surface area contributed by atoms with E-state index in [0.717, 1.165) is 82.0 Å². The number of aryl methyl sites for hydroxylation is 4. The van der Waals surface area contributed by atoms with E-state index in [0.29, 0.717) is 33.4 Å². The van der Waals surface area contributed by atoms with Crippen LogP contribution in [0.4, 0.5) is 25.7 Å². The number of aromatic nitrogens is 1. The van der Waals surface area contributed by atoms with Crippen LogP contribution in [0.1, 0.15) is 79.4 Å². The third-order valence-electron chi connectivity index (χ3n) is 15.3. The normalized spacial score (nSPS) is 13.0. The van der Waals surface area contributed by atoms with Gasteiger partial charge in [0.1, 0.15) is 29.2 Å². The van der Waals surface area contributed by atoms with E-state index in [9.17, 15) is 10.5 Å². The predicted octanol–water partition coefficient (Wildman–Crippen LogP) is 15.9. The van der Waals surface area contributed by atoms with E-state index in [2.05, 4.69) is 117 Å². The maximum atomic E-state index is 17.9. The monoisotopic (exact) mass is 1060 g/mol. The van der Waals surface area contributed by atoms with Crippen molar-refractivity contribution in [1.29, 1.82) is 10.5 Å². The number of anilines is 3. The van der Waals surface area contributed by atoms with Crippen LogP contribution in [0, 0.1) is 81.0 Å². The smallest absolute Gasteiger partial charge is 0.497 e. The Labute approximate surface area is 472 Å². The summed E-state index contributed by atoms with van der Waals surface area (Å²) in [5, 5.41) is 21.2. The SMILES string of the molecule is COc1ccc(N(c2ccc(OC)cc2)c2cc(C)c(-c3c(C)cc(C#Cc4ccc(C#Cc5ccc(C6=C7C(C)=C(C#N)C(c8ccccc8)=[N+]7[B-](F)(F)n7c6c(C)c(C#N)c7-c6ccccc6)cc5)cc4)cc3C)c(C)c2)cc1. The van der Waals surface area contributed by atoms with Crippen LogP contribution in [0.3, 0.4) is 0 Å². The predicted molar refractivity (Wildman–Crippen MR) is 321 cm³/mol. The summed E-state index contributed by atoms with van der Waals surface area (Å²) in [4.78, 5) is 2.25. The third kappa shape index (κ3) is 9.44. The molecule has 0 saturated carbocycles. The standard InChI is InChI=1S/C71H54BF2N5O2/c1-45-39-54(40-46(2)65(45)66-47(3)41-60(42-48(66)4)77(58-31-35-61(80-7)36-32-58)59-33-37-62(81-8)38-34-59)26-25-52-21-19-51(20-22-52)23-24-53-27-29-55(30-28-53)67-68-49(5)63(43-75)70(56-15-11-9-12-16-56)78(68)72(73,74)79-69(67)50(6)64(44-76)71(79)57-17-13-10-14-18-57/h9-22,27-42H,1-8H3. The van der Waals surface area contributed by atoms with Gasteiger partial charge in [0, 0.05) is 61.8 Å². The van der Waals surface area contributed by atoms with Crippen LogP contribution >= 0.6 is 0 Å². The van der Waals surface area contributed by atoms with Crippen LogP contribution in [-0.4, -0.2) is 35.9 Å². The van der Waals surface area contributed by atoms with Crippen molar-refractivity contribution in [3.8, 4) is 69.7 Å². The molecule has 9 aromatic rings. The third-order valence-corrected chi connectivity index (χ3v) is 15.3. The van der Waals surface area contributed by atoms with Crippen LogP contribution in [0.15, 0.2) is 199 Å². The number of fused-ring (bicyclic) bond motifs is 2. The van der Waals surface area contributed by atoms with Gasteiger partial charge < -0.3 is 32.0 Å². The first-order chi connectivity index (χ1) is 39.2. The lowest BCUT2D eigenvalue weighted by Gasteiger charge is -2.34. The van der Waals surface area contributed by atoms with Crippen molar-refractivity contribution < 1.29 is 22.6 Å². The van der Waals surface area contributed by atoms with Gasteiger partial charge in [-0.2, -0.15) is 10.5 Å². The Balaban J connectivity index is 0.870. The van der Waals surface area contributed by atoms with Gasteiger partial charge in [-0.3, -0.25) is 0 Å². The number of halogens is 2. The lowest BCUT2D eigenvalue weighted by Crippen LogP contribution is -2.52. The maximum Gasteiger partial charge on any atom is 0.738 e. The van der Waals surface area contributed by atoms with Gasteiger partial charge >= 0.3 is 6.97 Å². The molecule has 0 bridgehead atoms. The average Bonchev–Trinajstić information content (AvgIpc) is 2.59. The van der Waals surface area contributed by atoms with Gasteiger partial charge in [-0.15, -0.1) is 0 Å². The summed E-state index contributed by atoms with van der Waals surface area (Å²) >= 11 is 0. The van der Waals surface area contributed by atoms with Crippen LogP contribution in [-0.2, 0) is 0 Å². The first-order valence-corrected chi connectivity index (χ1v) is 26.6. The summed E-state index contributed by atoms with van der Waals surface area (Å²) in [6.07, 6.45) is 0. The Hall–Kier alpha value is -10.4. The maximum absolute atomic E-state index is 17.9. The molecule has 0 amide bonds. The highest BCUT2D eigenvalue weighted by Crippen LogP contribution is 2.50. The molecular weight excluding hydrogens is 1000 g/mol. The van der Waals surface area contributed by atoms with E-state index in [1.54, 1.807) is 76.6 Å². The van der Waals surface area contributed by atoms with Crippen molar-refractivity contribution in [2.45, 2.75) is 41.5 Å². The van der Waals surface area contributed by atoms with Crippen LogP contribution in [0.2, 0.25) is 0 Å². The first-order valence-electron chi connectivity index (χ1n) is 26.6. The van der Waals surface area contributed by atoms with Gasteiger partial charge in [0.05, 0.1) is 25.4 Å². The minimum atomic E-state index is -4.65.